The van der Waals surface area contributed by atoms with Gasteiger partial charge in [0.05, 0.1) is 15.4 Å². The third-order valence-corrected chi connectivity index (χ3v) is 3.17. The van der Waals surface area contributed by atoms with Gasteiger partial charge < -0.3 is 5.32 Å². The summed E-state index contributed by atoms with van der Waals surface area (Å²) in [5.74, 6) is -0.136. The van der Waals surface area contributed by atoms with E-state index in [1.165, 1.54) is 18.2 Å². The van der Waals surface area contributed by atoms with Crippen molar-refractivity contribution in [1.29, 1.82) is 0 Å². The molecule has 0 aliphatic carbocycles. The number of halogens is 1. The fraction of sp³-hybridized carbons (Fsp3) is 0.200. The Morgan fingerprint density at radius 3 is 2.90 bits per heavy atom. The molecule has 0 fully saturated rings. The fourth-order valence-corrected chi connectivity index (χ4v) is 1.88. The van der Waals surface area contributed by atoms with Gasteiger partial charge in [-0.25, -0.2) is 0 Å². The van der Waals surface area contributed by atoms with Gasteiger partial charge in [-0.2, -0.15) is 5.21 Å². The monoisotopic (exact) mass is 340 g/mol. The molecule has 1 aromatic carbocycles. The van der Waals surface area contributed by atoms with Crippen LogP contribution in [0.4, 0.5) is 5.69 Å². The number of nitro benzene ring substituents is 1. The number of carbonyl (C=O) groups is 1. The number of nitrogens with one attached hydrogen (secondary N) is 2. The molecule has 20 heavy (non-hydrogen) atoms. The van der Waals surface area contributed by atoms with Crippen molar-refractivity contribution in [2.75, 3.05) is 0 Å². The quantitative estimate of drug-likeness (QED) is 0.639. The van der Waals surface area contributed by atoms with Crippen LogP contribution in [0.1, 0.15) is 29.1 Å². The summed E-state index contributed by atoms with van der Waals surface area (Å²) in [5, 5.41) is 26.6. The number of carbonyl (C=O) groups excluding carboxylic acids is 1. The van der Waals surface area contributed by atoms with E-state index in [9.17, 15) is 14.9 Å². The van der Waals surface area contributed by atoms with E-state index in [2.05, 4.69) is 41.9 Å². The van der Waals surface area contributed by atoms with Crippen molar-refractivity contribution in [3.63, 3.8) is 0 Å². The zero-order valence-electron chi connectivity index (χ0n) is 10.2. The molecule has 0 saturated heterocycles. The standard InChI is InChI=1S/C10H9BrN6O3/c1-5(9-13-15-16-14-9)12-10(18)6-2-3-7(11)8(4-6)17(19)20/h2-5H,1H3,(H,12,18)(H,13,14,15,16). The molecule has 104 valence electrons. The van der Waals surface area contributed by atoms with Crippen molar-refractivity contribution in [2.45, 2.75) is 13.0 Å². The number of nitrogens with zero attached hydrogens (tertiary/aromatic N) is 4. The number of H-pyrrole nitrogens is 1. The Hall–Kier alpha value is -2.36. The first-order valence-corrected chi connectivity index (χ1v) is 6.26. The summed E-state index contributed by atoms with van der Waals surface area (Å²) in [6.07, 6.45) is 0. The van der Waals surface area contributed by atoms with Gasteiger partial charge in [-0.15, -0.1) is 10.2 Å². The summed E-state index contributed by atoms with van der Waals surface area (Å²) < 4.78 is 0.310. The van der Waals surface area contributed by atoms with Crippen LogP contribution >= 0.6 is 15.9 Å². The lowest BCUT2D eigenvalue weighted by Gasteiger charge is -2.10. The Morgan fingerprint density at radius 1 is 1.55 bits per heavy atom. The average molecular weight is 341 g/mol. The lowest BCUT2D eigenvalue weighted by molar-refractivity contribution is -0.385. The average Bonchev–Trinajstić information content (AvgIpc) is 2.92. The van der Waals surface area contributed by atoms with Crippen LogP contribution in [-0.4, -0.2) is 31.5 Å². The van der Waals surface area contributed by atoms with E-state index >= 15 is 0 Å². The number of rotatable bonds is 4. The molecule has 2 aromatic rings. The number of benzene rings is 1. The van der Waals surface area contributed by atoms with Crippen molar-refractivity contribution in [3.05, 3.63) is 44.2 Å². The molecular weight excluding hydrogens is 332 g/mol. The normalized spacial score (nSPS) is 11.9. The predicted molar refractivity (Wildman–Crippen MR) is 70.9 cm³/mol. The molecule has 0 aliphatic heterocycles. The number of aromatic amines is 1. The number of tetrazole rings is 1. The van der Waals surface area contributed by atoms with Gasteiger partial charge >= 0.3 is 0 Å². The highest BCUT2D eigenvalue weighted by molar-refractivity contribution is 9.10. The number of hydrogen-bond acceptors (Lipinski definition) is 6. The molecule has 0 radical (unpaired) electrons. The first kappa shape index (κ1) is 14.1. The molecule has 0 bridgehead atoms. The fourth-order valence-electron chi connectivity index (χ4n) is 1.49. The maximum absolute atomic E-state index is 12.0. The number of amides is 1. The first-order chi connectivity index (χ1) is 9.49. The Bertz CT molecular complexity index is 644. The molecule has 1 unspecified atom stereocenters. The third kappa shape index (κ3) is 2.96. The smallest absolute Gasteiger partial charge is 0.284 e. The zero-order valence-corrected chi connectivity index (χ0v) is 11.8. The van der Waals surface area contributed by atoms with Crippen LogP contribution in [0.15, 0.2) is 22.7 Å². The van der Waals surface area contributed by atoms with E-state index in [0.29, 0.717) is 10.3 Å². The van der Waals surface area contributed by atoms with E-state index < -0.39 is 16.9 Å². The second-order valence-electron chi connectivity index (χ2n) is 3.89. The minimum absolute atomic E-state index is 0.176. The van der Waals surface area contributed by atoms with Crippen molar-refractivity contribution in [1.82, 2.24) is 25.9 Å². The van der Waals surface area contributed by atoms with E-state index in [0.717, 1.165) is 0 Å². The number of nitro groups is 1. The second kappa shape index (κ2) is 5.74. The molecule has 2 rings (SSSR count). The SMILES string of the molecule is CC(NC(=O)c1ccc(Br)c([N+](=O)[O-])c1)c1nn[nH]n1. The van der Waals surface area contributed by atoms with Crippen LogP contribution in [0.25, 0.3) is 0 Å². The highest BCUT2D eigenvalue weighted by Crippen LogP contribution is 2.25. The minimum atomic E-state index is -0.566. The van der Waals surface area contributed by atoms with Gasteiger partial charge in [-0.3, -0.25) is 14.9 Å². The van der Waals surface area contributed by atoms with Gasteiger partial charge in [0.1, 0.15) is 0 Å². The van der Waals surface area contributed by atoms with E-state index in [1.54, 1.807) is 6.92 Å². The highest BCUT2D eigenvalue weighted by atomic mass is 79.9. The number of aromatic nitrogens is 4. The van der Waals surface area contributed by atoms with Crippen LogP contribution < -0.4 is 5.32 Å². The van der Waals surface area contributed by atoms with E-state index in [1.807, 2.05) is 0 Å². The van der Waals surface area contributed by atoms with E-state index in [4.69, 9.17) is 0 Å². The molecule has 2 N–H and O–H groups in total. The first-order valence-electron chi connectivity index (χ1n) is 5.47. The molecular formula is C10H9BrN6O3. The summed E-state index contributed by atoms with van der Waals surface area (Å²) in [4.78, 5) is 22.3. The highest BCUT2D eigenvalue weighted by Gasteiger charge is 2.18. The van der Waals surface area contributed by atoms with Gasteiger partial charge in [0.15, 0.2) is 5.82 Å². The van der Waals surface area contributed by atoms with Crippen molar-refractivity contribution in [2.24, 2.45) is 0 Å². The van der Waals surface area contributed by atoms with E-state index in [-0.39, 0.29) is 11.3 Å². The molecule has 9 nitrogen and oxygen atoms in total. The van der Waals surface area contributed by atoms with Crippen molar-refractivity contribution >= 4 is 27.5 Å². The Labute approximate surface area is 121 Å². The number of hydrogen-bond donors (Lipinski definition) is 2. The topological polar surface area (TPSA) is 127 Å². The molecule has 0 aliphatic rings. The van der Waals surface area contributed by atoms with Gasteiger partial charge in [0.25, 0.3) is 11.6 Å². The molecule has 0 spiro atoms. The van der Waals surface area contributed by atoms with Crippen LogP contribution in [0.5, 0.6) is 0 Å². The summed E-state index contributed by atoms with van der Waals surface area (Å²) in [5.41, 5.74) is 0.000101. The van der Waals surface area contributed by atoms with Gasteiger partial charge in [0, 0.05) is 11.6 Å². The predicted octanol–water partition coefficient (Wildman–Crippen LogP) is 1.36. The zero-order chi connectivity index (χ0) is 14.7. The van der Waals surface area contributed by atoms with Crippen LogP contribution in [-0.2, 0) is 0 Å². The second-order valence-corrected chi connectivity index (χ2v) is 4.74. The van der Waals surface area contributed by atoms with Crippen molar-refractivity contribution in [3.8, 4) is 0 Å². The third-order valence-electron chi connectivity index (χ3n) is 2.50. The molecule has 1 aromatic heterocycles. The lowest BCUT2D eigenvalue weighted by atomic mass is 10.1. The summed E-state index contributed by atoms with van der Waals surface area (Å²) >= 11 is 3.06. The maximum atomic E-state index is 12.0. The Morgan fingerprint density at radius 2 is 2.30 bits per heavy atom. The maximum Gasteiger partial charge on any atom is 0.284 e. The summed E-state index contributed by atoms with van der Waals surface area (Å²) in [6, 6.07) is 3.66. The van der Waals surface area contributed by atoms with Gasteiger partial charge in [0.2, 0.25) is 0 Å². The van der Waals surface area contributed by atoms with Gasteiger partial charge in [-0.05, 0) is 35.0 Å². The molecule has 1 heterocycles. The minimum Gasteiger partial charge on any atom is -0.342 e. The lowest BCUT2D eigenvalue weighted by Crippen LogP contribution is -2.27. The molecule has 0 saturated carbocycles. The van der Waals surface area contributed by atoms with Crippen LogP contribution in [0.3, 0.4) is 0 Å². The van der Waals surface area contributed by atoms with Crippen LogP contribution in [0.2, 0.25) is 0 Å². The Kier molecular flexibility index (Phi) is 4.03. The molecule has 1 atom stereocenters. The van der Waals surface area contributed by atoms with Gasteiger partial charge in [-0.1, -0.05) is 5.21 Å². The molecule has 1 amide bonds. The summed E-state index contributed by atoms with van der Waals surface area (Å²) in [6.45, 7) is 1.68. The molecule has 10 heteroatoms. The Balaban J connectivity index is 2.17. The summed E-state index contributed by atoms with van der Waals surface area (Å²) in [7, 11) is 0. The largest absolute Gasteiger partial charge is 0.342 e. The van der Waals surface area contributed by atoms with Crippen molar-refractivity contribution < 1.29 is 9.72 Å². The van der Waals surface area contributed by atoms with Crippen LogP contribution in [0, 0.1) is 10.1 Å².